The van der Waals surface area contributed by atoms with Crippen molar-refractivity contribution in [2.75, 3.05) is 19.1 Å². The molecule has 3 nitrogen and oxygen atoms in total. The summed E-state index contributed by atoms with van der Waals surface area (Å²) in [4.78, 5) is 12.8. The molecule has 0 aliphatic rings. The summed E-state index contributed by atoms with van der Waals surface area (Å²) in [5, 5.41) is 0. The maximum atomic E-state index is 11.3. The van der Waals surface area contributed by atoms with Crippen LogP contribution in [0.15, 0.2) is 36.9 Å². The van der Waals surface area contributed by atoms with Crippen molar-refractivity contribution in [1.82, 2.24) is 0 Å². The molecular formula is C11H13NO2. The number of hydrogen-bond acceptors (Lipinski definition) is 2. The predicted molar refractivity (Wildman–Crippen MR) is 56.6 cm³/mol. The maximum absolute atomic E-state index is 11.3. The minimum Gasteiger partial charge on any atom is -0.495 e. The first-order valence-corrected chi connectivity index (χ1v) is 4.24. The van der Waals surface area contributed by atoms with E-state index in [9.17, 15) is 4.79 Å². The highest BCUT2D eigenvalue weighted by atomic mass is 16.5. The van der Waals surface area contributed by atoms with E-state index in [-0.39, 0.29) is 5.91 Å². The lowest BCUT2D eigenvalue weighted by molar-refractivity contribution is -0.113. The van der Waals surface area contributed by atoms with Crippen LogP contribution in [0.2, 0.25) is 0 Å². The molecular weight excluding hydrogens is 178 g/mol. The van der Waals surface area contributed by atoms with Gasteiger partial charge in [0.15, 0.2) is 0 Å². The van der Waals surface area contributed by atoms with Gasteiger partial charge >= 0.3 is 0 Å². The van der Waals surface area contributed by atoms with E-state index in [0.717, 1.165) is 5.69 Å². The number of amides is 1. The summed E-state index contributed by atoms with van der Waals surface area (Å²) in [6, 6.07) is 7.34. The van der Waals surface area contributed by atoms with Crippen LogP contribution in [-0.2, 0) is 4.79 Å². The summed E-state index contributed by atoms with van der Waals surface area (Å²) in [5.74, 6) is 0.514. The Morgan fingerprint density at radius 2 is 2.14 bits per heavy atom. The Hall–Kier alpha value is -1.77. The second-order valence-electron chi connectivity index (χ2n) is 2.77. The van der Waals surface area contributed by atoms with Crippen LogP contribution in [0.25, 0.3) is 0 Å². The lowest BCUT2D eigenvalue weighted by Gasteiger charge is -2.17. The topological polar surface area (TPSA) is 29.5 Å². The van der Waals surface area contributed by atoms with Gasteiger partial charge in [-0.2, -0.15) is 0 Å². The Balaban J connectivity index is 3.05. The number of carbonyl (C=O) groups excluding carboxylic acids is 1. The second-order valence-corrected chi connectivity index (χ2v) is 2.77. The van der Waals surface area contributed by atoms with E-state index in [0.29, 0.717) is 5.75 Å². The second kappa shape index (κ2) is 4.46. The standard InChI is InChI=1S/C11H13NO2/c1-4-11(13)12(2)9-7-5-6-8-10(9)14-3/h4-8H,1H2,2-3H3. The largest absolute Gasteiger partial charge is 0.495 e. The number of methoxy groups -OCH3 is 1. The molecule has 0 saturated heterocycles. The molecule has 0 radical (unpaired) electrons. The molecule has 14 heavy (non-hydrogen) atoms. The third-order valence-corrected chi connectivity index (χ3v) is 1.95. The number of anilines is 1. The normalized spacial score (nSPS) is 9.29. The van der Waals surface area contributed by atoms with Crippen molar-refractivity contribution in [3.63, 3.8) is 0 Å². The third kappa shape index (κ3) is 1.93. The fourth-order valence-corrected chi connectivity index (χ4v) is 1.16. The van der Waals surface area contributed by atoms with Gasteiger partial charge in [0.05, 0.1) is 12.8 Å². The number of benzene rings is 1. The number of hydrogen-bond donors (Lipinski definition) is 0. The first-order chi connectivity index (χ1) is 6.70. The van der Waals surface area contributed by atoms with Gasteiger partial charge in [-0.25, -0.2) is 0 Å². The molecule has 0 aromatic heterocycles. The Labute approximate surface area is 83.6 Å². The summed E-state index contributed by atoms with van der Waals surface area (Å²) in [6.07, 6.45) is 1.27. The number of rotatable bonds is 3. The first-order valence-electron chi connectivity index (χ1n) is 4.24. The average Bonchev–Trinajstić information content (AvgIpc) is 2.26. The van der Waals surface area contributed by atoms with Crippen LogP contribution in [0.1, 0.15) is 0 Å². The van der Waals surface area contributed by atoms with Crippen molar-refractivity contribution in [1.29, 1.82) is 0 Å². The molecule has 1 aromatic rings. The molecule has 0 heterocycles. The quantitative estimate of drug-likeness (QED) is 0.682. The van der Waals surface area contributed by atoms with Gasteiger partial charge in [0.1, 0.15) is 5.75 Å². The van der Waals surface area contributed by atoms with Gasteiger partial charge in [-0.3, -0.25) is 4.79 Å². The molecule has 74 valence electrons. The minimum atomic E-state index is -0.158. The van der Waals surface area contributed by atoms with E-state index >= 15 is 0 Å². The molecule has 0 aliphatic carbocycles. The van der Waals surface area contributed by atoms with Crippen molar-refractivity contribution in [3.8, 4) is 5.75 Å². The highest BCUT2D eigenvalue weighted by Gasteiger charge is 2.11. The molecule has 0 spiro atoms. The monoisotopic (exact) mass is 191 g/mol. The molecule has 0 saturated carbocycles. The van der Waals surface area contributed by atoms with Crippen LogP contribution in [0.3, 0.4) is 0 Å². The first kappa shape index (κ1) is 10.3. The Morgan fingerprint density at radius 3 is 2.71 bits per heavy atom. The van der Waals surface area contributed by atoms with Gasteiger partial charge < -0.3 is 9.64 Å². The Kier molecular flexibility index (Phi) is 3.29. The number of carbonyl (C=O) groups is 1. The van der Waals surface area contributed by atoms with Crippen LogP contribution in [0.5, 0.6) is 5.75 Å². The fourth-order valence-electron chi connectivity index (χ4n) is 1.16. The molecule has 0 aliphatic heterocycles. The zero-order chi connectivity index (χ0) is 10.6. The van der Waals surface area contributed by atoms with E-state index < -0.39 is 0 Å². The minimum absolute atomic E-state index is 0.158. The molecule has 3 heteroatoms. The van der Waals surface area contributed by atoms with Gasteiger partial charge in [0, 0.05) is 7.05 Å². The van der Waals surface area contributed by atoms with E-state index in [4.69, 9.17) is 4.74 Å². The molecule has 0 unspecified atom stereocenters. The number of ether oxygens (including phenoxy) is 1. The number of para-hydroxylation sites is 2. The van der Waals surface area contributed by atoms with E-state index in [2.05, 4.69) is 6.58 Å². The van der Waals surface area contributed by atoms with Crippen LogP contribution in [0, 0.1) is 0 Å². The zero-order valence-electron chi connectivity index (χ0n) is 8.36. The van der Waals surface area contributed by atoms with E-state index in [1.54, 1.807) is 14.2 Å². The lowest BCUT2D eigenvalue weighted by atomic mass is 10.2. The smallest absolute Gasteiger partial charge is 0.250 e. The van der Waals surface area contributed by atoms with Crippen LogP contribution in [-0.4, -0.2) is 20.1 Å². The van der Waals surface area contributed by atoms with Gasteiger partial charge in [-0.15, -0.1) is 0 Å². The SMILES string of the molecule is C=CC(=O)N(C)c1ccccc1OC. The average molecular weight is 191 g/mol. The Bertz CT molecular complexity index is 347. The molecule has 1 amide bonds. The van der Waals surface area contributed by atoms with E-state index in [1.165, 1.54) is 11.0 Å². The van der Waals surface area contributed by atoms with Gasteiger partial charge in [-0.1, -0.05) is 18.7 Å². The fraction of sp³-hybridized carbons (Fsp3) is 0.182. The van der Waals surface area contributed by atoms with Crippen LogP contribution < -0.4 is 9.64 Å². The highest BCUT2D eigenvalue weighted by Crippen LogP contribution is 2.26. The maximum Gasteiger partial charge on any atom is 0.250 e. The van der Waals surface area contributed by atoms with Gasteiger partial charge in [-0.05, 0) is 18.2 Å². The highest BCUT2D eigenvalue weighted by molar-refractivity contribution is 6.01. The lowest BCUT2D eigenvalue weighted by Crippen LogP contribution is -2.24. The predicted octanol–water partition coefficient (Wildman–Crippen LogP) is 1.84. The van der Waals surface area contributed by atoms with Gasteiger partial charge in [0.2, 0.25) is 5.91 Å². The number of likely N-dealkylation sites (N-methyl/N-ethyl adjacent to an activating group) is 1. The summed E-state index contributed by atoms with van der Waals surface area (Å²) in [7, 11) is 3.26. The van der Waals surface area contributed by atoms with Crippen molar-refractivity contribution >= 4 is 11.6 Å². The van der Waals surface area contributed by atoms with Crippen LogP contribution >= 0.6 is 0 Å². The van der Waals surface area contributed by atoms with Crippen molar-refractivity contribution in [3.05, 3.63) is 36.9 Å². The van der Waals surface area contributed by atoms with Crippen molar-refractivity contribution in [2.24, 2.45) is 0 Å². The number of nitrogens with zero attached hydrogens (tertiary/aromatic N) is 1. The summed E-state index contributed by atoms with van der Waals surface area (Å²) in [6.45, 7) is 3.43. The molecule has 0 fully saturated rings. The van der Waals surface area contributed by atoms with Crippen LogP contribution in [0.4, 0.5) is 5.69 Å². The molecule has 1 aromatic carbocycles. The zero-order valence-corrected chi connectivity index (χ0v) is 8.36. The van der Waals surface area contributed by atoms with E-state index in [1.807, 2.05) is 24.3 Å². The van der Waals surface area contributed by atoms with Gasteiger partial charge in [0.25, 0.3) is 0 Å². The summed E-state index contributed by atoms with van der Waals surface area (Å²) < 4.78 is 5.13. The third-order valence-electron chi connectivity index (χ3n) is 1.95. The van der Waals surface area contributed by atoms with Crippen molar-refractivity contribution in [2.45, 2.75) is 0 Å². The van der Waals surface area contributed by atoms with Crippen molar-refractivity contribution < 1.29 is 9.53 Å². The molecule has 0 atom stereocenters. The molecule has 0 N–H and O–H groups in total. The summed E-state index contributed by atoms with van der Waals surface area (Å²) >= 11 is 0. The summed E-state index contributed by atoms with van der Waals surface area (Å²) in [5.41, 5.74) is 0.736. The molecule has 1 rings (SSSR count). The Morgan fingerprint density at radius 1 is 1.50 bits per heavy atom. The molecule has 0 bridgehead atoms.